The molecule has 10 heavy (non-hydrogen) atoms. The number of allylic oxidation sites excluding steroid dienone is 1. The summed E-state index contributed by atoms with van der Waals surface area (Å²) in [5.74, 6) is 1.78. The molecule has 1 aliphatic carbocycles. The van der Waals surface area contributed by atoms with Gasteiger partial charge in [-0.3, -0.25) is 0 Å². The molecule has 0 spiro atoms. The first kappa shape index (κ1) is 6.41. The maximum absolute atomic E-state index is 4.41. The van der Waals surface area contributed by atoms with Crippen molar-refractivity contribution in [3.63, 3.8) is 0 Å². The zero-order valence-electron chi connectivity index (χ0n) is 6.29. The van der Waals surface area contributed by atoms with Crippen molar-refractivity contribution < 1.29 is 0 Å². The van der Waals surface area contributed by atoms with Crippen LogP contribution in [-0.4, -0.2) is 13.1 Å². The van der Waals surface area contributed by atoms with E-state index in [1.54, 1.807) is 0 Å². The van der Waals surface area contributed by atoms with Crippen LogP contribution in [0, 0.1) is 11.8 Å². The van der Waals surface area contributed by atoms with Gasteiger partial charge in [0, 0.05) is 13.1 Å². The quantitative estimate of drug-likeness (QED) is 0.449. The van der Waals surface area contributed by atoms with Crippen LogP contribution in [0.1, 0.15) is 19.3 Å². The number of hydrogen-bond acceptors (Lipinski definition) is 0. The molecular weight excluding hydrogens is 122 g/mol. The van der Waals surface area contributed by atoms with Gasteiger partial charge in [0.2, 0.25) is 0 Å². The second kappa shape index (κ2) is 2.75. The van der Waals surface area contributed by atoms with E-state index in [1.807, 2.05) is 0 Å². The maximum atomic E-state index is 4.41. The van der Waals surface area contributed by atoms with E-state index < -0.39 is 0 Å². The second-order valence-electron chi connectivity index (χ2n) is 3.35. The van der Waals surface area contributed by atoms with Crippen molar-refractivity contribution in [3.05, 3.63) is 12.2 Å². The van der Waals surface area contributed by atoms with Crippen LogP contribution in [0.5, 0.6) is 0 Å². The van der Waals surface area contributed by atoms with Crippen LogP contribution in [0.2, 0.25) is 0 Å². The Labute approximate surface area is 62.5 Å². The Morgan fingerprint density at radius 2 is 2.30 bits per heavy atom. The van der Waals surface area contributed by atoms with Crippen LogP contribution >= 0.6 is 0 Å². The van der Waals surface area contributed by atoms with Gasteiger partial charge < -0.3 is 0 Å². The highest BCUT2D eigenvalue weighted by atomic mass is 14.9. The Bertz CT molecular complexity index is 140. The molecule has 1 radical (unpaired) electrons. The van der Waals surface area contributed by atoms with Crippen LogP contribution in [0.15, 0.2) is 12.2 Å². The minimum atomic E-state index is 0.808. The topological polar surface area (TPSA) is 14.1 Å². The summed E-state index contributed by atoms with van der Waals surface area (Å²) in [6.07, 6.45) is 8.76. The molecule has 0 unspecified atom stereocenters. The van der Waals surface area contributed by atoms with Gasteiger partial charge in [0.15, 0.2) is 0 Å². The summed E-state index contributed by atoms with van der Waals surface area (Å²) in [5, 5.41) is 4.41. The number of hydrogen-bond donors (Lipinski definition) is 0. The third kappa shape index (κ3) is 1.10. The molecule has 1 fully saturated rings. The molecule has 0 aromatic carbocycles. The summed E-state index contributed by atoms with van der Waals surface area (Å²) in [7, 11) is 0. The van der Waals surface area contributed by atoms with Crippen LogP contribution < -0.4 is 5.32 Å². The Kier molecular flexibility index (Phi) is 1.76. The van der Waals surface area contributed by atoms with E-state index >= 15 is 0 Å². The van der Waals surface area contributed by atoms with Gasteiger partial charge in [-0.25, -0.2) is 5.32 Å². The molecule has 1 nitrogen and oxygen atoms in total. The van der Waals surface area contributed by atoms with E-state index in [-0.39, 0.29) is 0 Å². The van der Waals surface area contributed by atoms with Crippen molar-refractivity contribution in [2.24, 2.45) is 11.8 Å². The van der Waals surface area contributed by atoms with Crippen molar-refractivity contribution >= 4 is 0 Å². The molecule has 1 saturated heterocycles. The largest absolute Gasteiger partial charge is 0.241 e. The first-order valence-electron chi connectivity index (χ1n) is 4.27. The minimum Gasteiger partial charge on any atom is -0.241 e. The SMILES string of the molecule is C1=C[C@@H]2C[N]CC[C@H]2CC1. The Morgan fingerprint density at radius 3 is 3.20 bits per heavy atom. The summed E-state index contributed by atoms with van der Waals surface area (Å²) in [4.78, 5) is 0. The predicted octanol–water partition coefficient (Wildman–Crippen LogP) is 1.58. The monoisotopic (exact) mass is 136 g/mol. The first-order valence-corrected chi connectivity index (χ1v) is 4.27. The van der Waals surface area contributed by atoms with Crippen LogP contribution in [0.25, 0.3) is 0 Å². The molecule has 0 amide bonds. The summed E-state index contributed by atoms with van der Waals surface area (Å²) >= 11 is 0. The van der Waals surface area contributed by atoms with Gasteiger partial charge in [-0.1, -0.05) is 12.2 Å². The molecule has 0 bridgehead atoms. The molecule has 2 atom stereocenters. The molecule has 0 aromatic heterocycles. The highest BCUT2D eigenvalue weighted by molar-refractivity contribution is 4.99. The average molecular weight is 136 g/mol. The fourth-order valence-corrected chi connectivity index (χ4v) is 2.02. The number of nitrogens with zero attached hydrogens (tertiary/aromatic N) is 1. The Balaban J connectivity index is 2.03. The van der Waals surface area contributed by atoms with E-state index in [1.165, 1.54) is 19.3 Å². The third-order valence-corrected chi connectivity index (χ3v) is 2.69. The van der Waals surface area contributed by atoms with Gasteiger partial charge in [0.1, 0.15) is 0 Å². The minimum absolute atomic E-state index is 0.808. The standard InChI is InChI=1S/C9H14N/c1-2-4-9-7-10-6-5-8(9)3-1/h2,4,8-9H,1,3,5-7H2/t8-,9-/m1/s1. The lowest BCUT2D eigenvalue weighted by molar-refractivity contribution is 0.272. The third-order valence-electron chi connectivity index (χ3n) is 2.69. The van der Waals surface area contributed by atoms with Gasteiger partial charge in [-0.15, -0.1) is 0 Å². The van der Waals surface area contributed by atoms with Gasteiger partial charge in [0.05, 0.1) is 0 Å². The zero-order chi connectivity index (χ0) is 6.81. The summed E-state index contributed by atoms with van der Waals surface area (Å²) in [5.41, 5.74) is 0. The first-order chi connectivity index (χ1) is 4.97. The number of rotatable bonds is 0. The molecule has 2 rings (SSSR count). The maximum Gasteiger partial charge on any atom is 0.0199 e. The predicted molar refractivity (Wildman–Crippen MR) is 41.8 cm³/mol. The Hall–Kier alpha value is -0.300. The summed E-state index contributed by atoms with van der Waals surface area (Å²) in [6.45, 7) is 2.22. The van der Waals surface area contributed by atoms with Crippen molar-refractivity contribution in [2.75, 3.05) is 13.1 Å². The highest BCUT2D eigenvalue weighted by Crippen LogP contribution is 2.29. The highest BCUT2D eigenvalue weighted by Gasteiger charge is 2.24. The fourth-order valence-electron chi connectivity index (χ4n) is 2.02. The molecule has 1 aliphatic heterocycles. The summed E-state index contributed by atoms with van der Waals surface area (Å²) in [6, 6.07) is 0. The summed E-state index contributed by atoms with van der Waals surface area (Å²) < 4.78 is 0. The van der Waals surface area contributed by atoms with Crippen molar-refractivity contribution in [2.45, 2.75) is 19.3 Å². The van der Waals surface area contributed by atoms with E-state index in [0.29, 0.717) is 0 Å². The lowest BCUT2D eigenvalue weighted by atomic mass is 9.80. The molecular formula is C9H14N. The zero-order valence-corrected chi connectivity index (χ0v) is 6.29. The van der Waals surface area contributed by atoms with Crippen LogP contribution in [-0.2, 0) is 0 Å². The van der Waals surface area contributed by atoms with Crippen LogP contribution in [0.4, 0.5) is 0 Å². The number of piperidine rings is 1. The normalized spacial score (nSPS) is 39.2. The lowest BCUT2D eigenvalue weighted by Gasteiger charge is -2.31. The molecule has 0 N–H and O–H groups in total. The molecule has 1 heteroatoms. The fraction of sp³-hybridized carbons (Fsp3) is 0.778. The van der Waals surface area contributed by atoms with Gasteiger partial charge in [0.25, 0.3) is 0 Å². The van der Waals surface area contributed by atoms with Gasteiger partial charge in [-0.05, 0) is 31.1 Å². The van der Waals surface area contributed by atoms with Gasteiger partial charge in [-0.2, -0.15) is 0 Å². The van der Waals surface area contributed by atoms with Crippen molar-refractivity contribution in [1.29, 1.82) is 0 Å². The molecule has 2 aliphatic rings. The van der Waals surface area contributed by atoms with Crippen molar-refractivity contribution in [3.8, 4) is 0 Å². The smallest absolute Gasteiger partial charge is 0.0199 e. The number of fused-ring (bicyclic) bond motifs is 1. The van der Waals surface area contributed by atoms with E-state index in [2.05, 4.69) is 17.5 Å². The molecule has 1 heterocycles. The lowest BCUT2D eigenvalue weighted by Crippen LogP contribution is -2.32. The van der Waals surface area contributed by atoms with E-state index in [0.717, 1.165) is 24.9 Å². The molecule has 55 valence electrons. The van der Waals surface area contributed by atoms with Gasteiger partial charge >= 0.3 is 0 Å². The molecule has 0 saturated carbocycles. The second-order valence-corrected chi connectivity index (χ2v) is 3.35. The molecule has 0 aromatic rings. The van der Waals surface area contributed by atoms with E-state index in [4.69, 9.17) is 0 Å². The van der Waals surface area contributed by atoms with Crippen molar-refractivity contribution in [1.82, 2.24) is 5.32 Å². The Morgan fingerprint density at radius 1 is 1.30 bits per heavy atom. The average Bonchev–Trinajstić information content (AvgIpc) is 2.05. The van der Waals surface area contributed by atoms with Crippen LogP contribution in [0.3, 0.4) is 0 Å². The van der Waals surface area contributed by atoms with E-state index in [9.17, 15) is 0 Å².